The Morgan fingerprint density at radius 1 is 1.26 bits per heavy atom. The molecule has 2 rings (SSSR count). The standard InChI is InChI=1S/C15H29N3O/c1-17-10-7-14(11-17)12-18(2)15(19)4-3-13-5-8-16-9-6-13/h13-14,16H,3-12H2,1-2H3. The van der Waals surface area contributed by atoms with E-state index in [9.17, 15) is 4.79 Å². The van der Waals surface area contributed by atoms with Crippen LogP contribution in [0.1, 0.15) is 32.1 Å². The zero-order valence-electron chi connectivity index (χ0n) is 12.5. The van der Waals surface area contributed by atoms with Gasteiger partial charge in [0.1, 0.15) is 0 Å². The third-order valence-corrected chi connectivity index (χ3v) is 4.67. The maximum Gasteiger partial charge on any atom is 0.222 e. The highest BCUT2D eigenvalue weighted by molar-refractivity contribution is 5.75. The summed E-state index contributed by atoms with van der Waals surface area (Å²) in [7, 11) is 4.14. The van der Waals surface area contributed by atoms with Crippen molar-refractivity contribution in [2.24, 2.45) is 11.8 Å². The molecule has 2 aliphatic heterocycles. The number of rotatable bonds is 5. The summed E-state index contributed by atoms with van der Waals surface area (Å²) >= 11 is 0. The smallest absolute Gasteiger partial charge is 0.222 e. The van der Waals surface area contributed by atoms with Gasteiger partial charge < -0.3 is 15.1 Å². The monoisotopic (exact) mass is 267 g/mol. The van der Waals surface area contributed by atoms with Gasteiger partial charge in [-0.1, -0.05) is 0 Å². The number of nitrogens with zero attached hydrogens (tertiary/aromatic N) is 2. The van der Waals surface area contributed by atoms with Crippen LogP contribution in [0.25, 0.3) is 0 Å². The molecule has 4 nitrogen and oxygen atoms in total. The van der Waals surface area contributed by atoms with E-state index >= 15 is 0 Å². The van der Waals surface area contributed by atoms with Crippen molar-refractivity contribution in [1.82, 2.24) is 15.1 Å². The number of hydrogen-bond acceptors (Lipinski definition) is 3. The molecule has 2 fully saturated rings. The Hall–Kier alpha value is -0.610. The summed E-state index contributed by atoms with van der Waals surface area (Å²) in [6, 6.07) is 0. The number of nitrogens with one attached hydrogen (secondary N) is 1. The van der Waals surface area contributed by atoms with Crippen molar-refractivity contribution in [1.29, 1.82) is 0 Å². The fourth-order valence-electron chi connectivity index (χ4n) is 3.35. The van der Waals surface area contributed by atoms with Gasteiger partial charge in [-0.15, -0.1) is 0 Å². The minimum absolute atomic E-state index is 0.341. The predicted octanol–water partition coefficient (Wildman–Crippen LogP) is 1.18. The molecule has 1 unspecified atom stereocenters. The lowest BCUT2D eigenvalue weighted by Gasteiger charge is -2.25. The van der Waals surface area contributed by atoms with Crippen LogP contribution in [0.3, 0.4) is 0 Å². The van der Waals surface area contributed by atoms with Gasteiger partial charge in [-0.25, -0.2) is 0 Å². The Labute approximate surface area is 117 Å². The van der Waals surface area contributed by atoms with E-state index in [4.69, 9.17) is 0 Å². The second-order valence-corrected chi connectivity index (χ2v) is 6.42. The molecule has 0 spiro atoms. The van der Waals surface area contributed by atoms with Crippen molar-refractivity contribution >= 4 is 5.91 Å². The third kappa shape index (κ3) is 4.77. The first-order valence-electron chi connectivity index (χ1n) is 7.78. The number of carbonyl (C=O) groups excluding carboxylic acids is 1. The number of carbonyl (C=O) groups is 1. The summed E-state index contributed by atoms with van der Waals surface area (Å²) < 4.78 is 0. The molecule has 1 atom stereocenters. The van der Waals surface area contributed by atoms with Crippen LogP contribution in [-0.4, -0.2) is 62.5 Å². The van der Waals surface area contributed by atoms with Crippen molar-refractivity contribution in [2.45, 2.75) is 32.1 Å². The summed E-state index contributed by atoms with van der Waals surface area (Å²) in [4.78, 5) is 16.5. The van der Waals surface area contributed by atoms with Gasteiger partial charge in [0.25, 0.3) is 0 Å². The SMILES string of the molecule is CN1CCC(CN(C)C(=O)CCC2CCNCC2)C1. The van der Waals surface area contributed by atoms with Crippen LogP contribution in [0.5, 0.6) is 0 Å². The molecule has 0 aliphatic carbocycles. The number of likely N-dealkylation sites (tertiary alicyclic amines) is 1. The lowest BCUT2D eigenvalue weighted by atomic mass is 9.93. The van der Waals surface area contributed by atoms with Gasteiger partial charge in [0.2, 0.25) is 5.91 Å². The van der Waals surface area contributed by atoms with E-state index in [0.717, 1.165) is 44.9 Å². The Morgan fingerprint density at radius 2 is 2.00 bits per heavy atom. The van der Waals surface area contributed by atoms with Crippen molar-refractivity contribution in [2.75, 3.05) is 46.8 Å². The molecule has 0 saturated carbocycles. The van der Waals surface area contributed by atoms with Crippen molar-refractivity contribution in [3.05, 3.63) is 0 Å². The largest absolute Gasteiger partial charge is 0.345 e. The van der Waals surface area contributed by atoms with Crippen LogP contribution >= 0.6 is 0 Å². The zero-order chi connectivity index (χ0) is 13.7. The molecule has 2 saturated heterocycles. The van der Waals surface area contributed by atoms with Gasteiger partial charge >= 0.3 is 0 Å². The normalized spacial score (nSPS) is 25.7. The van der Waals surface area contributed by atoms with Crippen LogP contribution < -0.4 is 5.32 Å². The first-order valence-corrected chi connectivity index (χ1v) is 7.78. The number of hydrogen-bond donors (Lipinski definition) is 1. The van der Waals surface area contributed by atoms with Crippen LogP contribution in [-0.2, 0) is 4.79 Å². The maximum absolute atomic E-state index is 12.2. The van der Waals surface area contributed by atoms with E-state index in [1.54, 1.807) is 0 Å². The fraction of sp³-hybridized carbons (Fsp3) is 0.933. The minimum atomic E-state index is 0.341. The van der Waals surface area contributed by atoms with E-state index in [-0.39, 0.29) is 0 Å². The van der Waals surface area contributed by atoms with E-state index in [0.29, 0.717) is 11.8 Å². The molecule has 19 heavy (non-hydrogen) atoms. The highest BCUT2D eigenvalue weighted by Gasteiger charge is 2.23. The second-order valence-electron chi connectivity index (χ2n) is 6.42. The summed E-state index contributed by atoms with van der Waals surface area (Å²) in [6.07, 6.45) is 5.54. The molecule has 0 aromatic carbocycles. The van der Waals surface area contributed by atoms with Crippen molar-refractivity contribution in [3.63, 3.8) is 0 Å². The highest BCUT2D eigenvalue weighted by Crippen LogP contribution is 2.19. The van der Waals surface area contributed by atoms with E-state index < -0.39 is 0 Å². The van der Waals surface area contributed by atoms with Gasteiger partial charge in [-0.3, -0.25) is 4.79 Å². The zero-order valence-corrected chi connectivity index (χ0v) is 12.5. The first-order chi connectivity index (χ1) is 9.15. The van der Waals surface area contributed by atoms with Crippen LogP contribution in [0.15, 0.2) is 0 Å². The predicted molar refractivity (Wildman–Crippen MR) is 78.1 cm³/mol. The Bertz CT molecular complexity index is 289. The van der Waals surface area contributed by atoms with Crippen LogP contribution in [0, 0.1) is 11.8 Å². The minimum Gasteiger partial charge on any atom is -0.345 e. The Balaban J connectivity index is 1.64. The van der Waals surface area contributed by atoms with Gasteiger partial charge in [0, 0.05) is 26.6 Å². The summed E-state index contributed by atoms with van der Waals surface area (Å²) in [5.41, 5.74) is 0. The van der Waals surface area contributed by atoms with Gasteiger partial charge in [-0.05, 0) is 64.2 Å². The van der Waals surface area contributed by atoms with Gasteiger partial charge in [0.05, 0.1) is 0 Å². The lowest BCUT2D eigenvalue weighted by molar-refractivity contribution is -0.130. The molecule has 0 radical (unpaired) electrons. The molecule has 0 aromatic heterocycles. The highest BCUT2D eigenvalue weighted by atomic mass is 16.2. The molecule has 4 heteroatoms. The molecule has 0 bridgehead atoms. The molecular weight excluding hydrogens is 238 g/mol. The van der Waals surface area contributed by atoms with E-state index in [2.05, 4.69) is 17.3 Å². The maximum atomic E-state index is 12.2. The third-order valence-electron chi connectivity index (χ3n) is 4.67. The molecule has 0 aromatic rings. The van der Waals surface area contributed by atoms with E-state index in [1.165, 1.54) is 25.8 Å². The van der Waals surface area contributed by atoms with Gasteiger partial charge in [-0.2, -0.15) is 0 Å². The molecular formula is C15H29N3O. The van der Waals surface area contributed by atoms with Crippen molar-refractivity contribution in [3.8, 4) is 0 Å². The molecule has 110 valence electrons. The van der Waals surface area contributed by atoms with Crippen LogP contribution in [0.2, 0.25) is 0 Å². The summed E-state index contributed by atoms with van der Waals surface area (Å²) in [6.45, 7) is 5.52. The summed E-state index contributed by atoms with van der Waals surface area (Å²) in [5, 5.41) is 3.38. The van der Waals surface area contributed by atoms with Gasteiger partial charge in [0.15, 0.2) is 0 Å². The molecule has 2 aliphatic rings. The average Bonchev–Trinajstić information content (AvgIpc) is 2.82. The van der Waals surface area contributed by atoms with Crippen LogP contribution in [0.4, 0.5) is 0 Å². The van der Waals surface area contributed by atoms with Crippen molar-refractivity contribution < 1.29 is 4.79 Å². The number of amides is 1. The summed E-state index contributed by atoms with van der Waals surface area (Å²) in [5.74, 6) is 1.78. The Kier molecular flexibility index (Phi) is 5.64. The topological polar surface area (TPSA) is 35.6 Å². The Morgan fingerprint density at radius 3 is 2.63 bits per heavy atom. The molecule has 1 N–H and O–H groups in total. The fourth-order valence-corrected chi connectivity index (χ4v) is 3.35. The van der Waals surface area contributed by atoms with E-state index in [1.807, 2.05) is 11.9 Å². The molecule has 2 heterocycles. The molecule has 1 amide bonds. The number of piperidine rings is 1. The lowest BCUT2D eigenvalue weighted by Crippen LogP contribution is -2.33. The quantitative estimate of drug-likeness (QED) is 0.812. The first kappa shape index (κ1) is 14.8. The second kappa shape index (κ2) is 7.25. The average molecular weight is 267 g/mol.